The number of phosphoric acid groups is 2. The molecule has 2 unspecified atom stereocenters. The maximum absolute atomic E-state index is 11.2. The predicted molar refractivity (Wildman–Crippen MR) is 62.5 cm³/mol. The van der Waals surface area contributed by atoms with Crippen molar-refractivity contribution in [3.05, 3.63) is 22.7 Å². The summed E-state index contributed by atoms with van der Waals surface area (Å²) >= 11 is 0. The first-order chi connectivity index (χ1) is 8.98. The maximum atomic E-state index is 11.2. The van der Waals surface area contributed by atoms with Crippen LogP contribution in [0.25, 0.3) is 0 Å². The van der Waals surface area contributed by atoms with Crippen LogP contribution in [0.1, 0.15) is 0 Å². The zero-order valence-electron chi connectivity index (χ0n) is 9.22. The topological polar surface area (TPSA) is 200 Å². The second kappa shape index (κ2) is 6.17. The van der Waals surface area contributed by atoms with E-state index < -0.39 is 29.6 Å². The van der Waals surface area contributed by atoms with Gasteiger partial charge in [-0.05, 0) is 0 Å². The first-order valence-corrected chi connectivity index (χ1v) is 8.60. The molecule has 16 heteroatoms. The molecule has 0 aliphatic heterocycles. The van der Waals surface area contributed by atoms with Crippen LogP contribution in [0.15, 0.2) is 17.1 Å². The molecule has 1 aromatic rings. The highest BCUT2D eigenvalue weighted by Gasteiger charge is 2.35. The number of rotatable bonds is 6. The first kappa shape index (κ1) is 17.0. The Hall–Kier alpha value is -1.03. The molecule has 0 saturated heterocycles. The average Bonchev–Trinajstić information content (AvgIpc) is 2.17. The van der Waals surface area contributed by atoms with E-state index in [-0.39, 0.29) is 10.5 Å². The fourth-order valence-corrected chi connectivity index (χ4v) is 3.51. The third-order valence-electron chi connectivity index (χ3n) is 1.37. The van der Waals surface area contributed by atoms with Gasteiger partial charge in [-0.3, -0.25) is 0 Å². The van der Waals surface area contributed by atoms with Gasteiger partial charge in [0.1, 0.15) is 5.82 Å². The molecule has 0 saturated carbocycles. The number of nitrogens with two attached hydrogens (primary N) is 1. The Labute approximate surface area is 110 Å². The normalized spacial score (nSPS) is 16.4. The summed E-state index contributed by atoms with van der Waals surface area (Å²) in [4.78, 5) is 39.8. The smallest absolute Gasteiger partial charge is 0.383 e. The van der Waals surface area contributed by atoms with E-state index in [1.54, 1.807) is 0 Å². The minimum Gasteiger partial charge on any atom is -0.383 e. The van der Waals surface area contributed by atoms with Crippen molar-refractivity contribution in [3.8, 4) is 0 Å². The molecule has 0 amide bonds. The highest BCUT2D eigenvalue weighted by atomic mass is 31.3. The second-order valence-electron chi connectivity index (χ2n) is 2.93. The van der Waals surface area contributed by atoms with Gasteiger partial charge in [0.25, 0.3) is 0 Å². The summed E-state index contributed by atoms with van der Waals surface area (Å²) in [6.07, 6.45) is 0.892. The molecule has 114 valence electrons. The van der Waals surface area contributed by atoms with Crippen LogP contribution in [0, 0.1) is 0 Å². The van der Waals surface area contributed by atoms with Gasteiger partial charge in [0, 0.05) is 6.07 Å². The van der Waals surface area contributed by atoms with Crippen LogP contribution >= 0.6 is 23.9 Å². The van der Waals surface area contributed by atoms with Crippen molar-refractivity contribution in [1.82, 2.24) is 9.71 Å². The van der Waals surface area contributed by atoms with Crippen molar-refractivity contribution >= 4 is 29.7 Å². The summed E-state index contributed by atoms with van der Waals surface area (Å²) in [6, 6.07) is 1.08. The van der Waals surface area contributed by atoms with Gasteiger partial charge in [0.2, 0.25) is 0 Å². The maximum Gasteiger partial charge on any atom is 0.488 e. The summed E-state index contributed by atoms with van der Waals surface area (Å²) in [5.41, 5.74) is 4.06. The lowest BCUT2D eigenvalue weighted by Crippen LogP contribution is -2.26. The average molecular weight is 351 g/mol. The Bertz CT molecular complexity index is 664. The molecule has 2 atom stereocenters. The number of nitrogens with zero attached hydrogens (tertiary/aromatic N) is 2. The largest absolute Gasteiger partial charge is 0.488 e. The van der Waals surface area contributed by atoms with Crippen LogP contribution in [-0.2, 0) is 22.3 Å². The Morgan fingerprint density at radius 1 is 1.35 bits per heavy atom. The third-order valence-corrected chi connectivity index (χ3v) is 4.91. The number of anilines is 1. The fourth-order valence-electron chi connectivity index (χ4n) is 0.817. The Morgan fingerprint density at radius 2 is 1.95 bits per heavy atom. The van der Waals surface area contributed by atoms with Gasteiger partial charge in [-0.1, -0.05) is 0 Å². The SMILES string of the molecule is Nc1ccn(O[PH](=O)OP(=O)(O)OP(=O)(O)O)c(=O)n1. The molecule has 0 radical (unpaired) electrons. The minimum atomic E-state index is -5.36. The highest BCUT2D eigenvalue weighted by Crippen LogP contribution is 2.61. The number of nitrogen functional groups attached to an aromatic ring is 1. The molecule has 0 aliphatic rings. The van der Waals surface area contributed by atoms with Crippen molar-refractivity contribution in [2.45, 2.75) is 0 Å². The molecule has 20 heavy (non-hydrogen) atoms. The molecule has 1 aromatic heterocycles. The molecule has 0 aliphatic carbocycles. The van der Waals surface area contributed by atoms with Gasteiger partial charge >= 0.3 is 29.6 Å². The molecule has 1 rings (SSSR count). The molecule has 0 aromatic carbocycles. The van der Waals surface area contributed by atoms with Crippen LogP contribution < -0.4 is 16.0 Å². The lowest BCUT2D eigenvalue weighted by molar-refractivity contribution is 0.202. The van der Waals surface area contributed by atoms with Crippen LogP contribution in [0.3, 0.4) is 0 Å². The lowest BCUT2D eigenvalue weighted by Gasteiger charge is -2.12. The van der Waals surface area contributed by atoms with Gasteiger partial charge in [-0.15, -0.1) is 4.73 Å². The van der Waals surface area contributed by atoms with E-state index in [1.807, 2.05) is 0 Å². The first-order valence-electron chi connectivity index (χ1n) is 4.35. The van der Waals surface area contributed by atoms with E-state index in [0.717, 1.165) is 12.3 Å². The van der Waals surface area contributed by atoms with Crippen molar-refractivity contribution in [2.75, 3.05) is 5.73 Å². The van der Waals surface area contributed by atoms with Crippen molar-refractivity contribution in [3.63, 3.8) is 0 Å². The molecule has 1 heterocycles. The molecule has 13 nitrogen and oxygen atoms in total. The highest BCUT2D eigenvalue weighted by molar-refractivity contribution is 7.64. The van der Waals surface area contributed by atoms with Gasteiger partial charge in [-0.2, -0.15) is 13.6 Å². The zero-order valence-corrected chi connectivity index (χ0v) is 12.0. The van der Waals surface area contributed by atoms with Gasteiger partial charge < -0.3 is 25.0 Å². The number of hydrogen-bond acceptors (Lipinski definition) is 9. The standard InChI is InChI=1S/C4H8N3O10P3/c5-3-1-2-7(4(8)6-3)15-18(9)16-20(13,14)17-19(10,11)12/h1-2,18H,(H,13,14)(H2,5,6,8)(H2,10,11,12). The Balaban J connectivity index is 2.75. The number of aromatic nitrogens is 2. The summed E-state index contributed by atoms with van der Waals surface area (Å²) in [5, 5.41) is 0. The van der Waals surface area contributed by atoms with Crippen LogP contribution in [0.4, 0.5) is 5.82 Å². The quantitative estimate of drug-likeness (QED) is 0.450. The van der Waals surface area contributed by atoms with E-state index in [1.165, 1.54) is 0 Å². The molecular weight excluding hydrogens is 343 g/mol. The van der Waals surface area contributed by atoms with Crippen molar-refractivity contribution in [1.29, 1.82) is 0 Å². The van der Waals surface area contributed by atoms with Crippen LogP contribution in [0.2, 0.25) is 0 Å². The summed E-state index contributed by atoms with van der Waals surface area (Å²) < 4.78 is 44.3. The molecule has 5 N–H and O–H groups in total. The zero-order chi connectivity index (χ0) is 15.6. The second-order valence-corrected chi connectivity index (χ2v) is 6.92. The van der Waals surface area contributed by atoms with Crippen molar-refractivity contribution in [2.24, 2.45) is 0 Å². The minimum absolute atomic E-state index is 0.159. The van der Waals surface area contributed by atoms with Crippen LogP contribution in [-0.4, -0.2) is 24.4 Å². The van der Waals surface area contributed by atoms with Gasteiger partial charge in [0.15, 0.2) is 0 Å². The van der Waals surface area contributed by atoms with Gasteiger partial charge in [-0.25, -0.2) is 18.5 Å². The fraction of sp³-hybridized carbons (Fsp3) is 0. The molecule has 0 bridgehead atoms. The molecule has 0 fully saturated rings. The van der Waals surface area contributed by atoms with E-state index in [4.69, 9.17) is 20.4 Å². The Morgan fingerprint density at radius 3 is 2.45 bits per heavy atom. The van der Waals surface area contributed by atoms with Gasteiger partial charge in [0.05, 0.1) is 6.20 Å². The van der Waals surface area contributed by atoms with E-state index in [0.29, 0.717) is 0 Å². The summed E-state index contributed by atoms with van der Waals surface area (Å²) in [5.74, 6) is -0.159. The monoisotopic (exact) mass is 351 g/mol. The van der Waals surface area contributed by atoms with Crippen LogP contribution in [0.5, 0.6) is 0 Å². The van der Waals surface area contributed by atoms with E-state index >= 15 is 0 Å². The predicted octanol–water partition coefficient (Wildman–Crippen LogP) is -1.13. The van der Waals surface area contributed by atoms with E-state index in [2.05, 4.69) is 18.2 Å². The third kappa shape index (κ3) is 5.95. The summed E-state index contributed by atoms with van der Waals surface area (Å²) in [6.45, 7) is 0. The number of hydrogen-bond donors (Lipinski definition) is 4. The lowest BCUT2D eigenvalue weighted by atomic mass is 10.6. The molecular formula is C4H8N3O10P3. The van der Waals surface area contributed by atoms with E-state index in [9.17, 15) is 18.5 Å². The Kier molecular flexibility index (Phi) is 5.25. The summed E-state index contributed by atoms with van der Waals surface area (Å²) in [7, 11) is -14.6. The van der Waals surface area contributed by atoms with Crippen molar-refractivity contribution < 1.29 is 41.6 Å². The molecule has 0 spiro atoms.